The zero-order chi connectivity index (χ0) is 18.5. The third-order valence-corrected chi connectivity index (χ3v) is 6.45. The molecule has 0 saturated heterocycles. The van der Waals surface area contributed by atoms with Crippen LogP contribution < -0.4 is 5.32 Å². The monoisotopic (exact) mass is 357 g/mol. The zero-order valence-corrected chi connectivity index (χ0v) is 15.5. The van der Waals surface area contributed by atoms with Crippen molar-refractivity contribution in [2.24, 2.45) is 17.3 Å². The summed E-state index contributed by atoms with van der Waals surface area (Å²) in [6.07, 6.45) is 4.82. The second-order valence-electron chi connectivity index (χ2n) is 8.91. The Morgan fingerprint density at radius 1 is 1.19 bits per heavy atom. The molecule has 0 spiro atoms. The highest BCUT2D eigenvalue weighted by molar-refractivity contribution is 5.93. The molecule has 0 aromatic heterocycles. The number of carbonyl (C=O) groups excluding carboxylic acids is 2. The lowest BCUT2D eigenvalue weighted by molar-refractivity contribution is -0.196. The van der Waals surface area contributed by atoms with Crippen LogP contribution in [0.2, 0.25) is 0 Å². The summed E-state index contributed by atoms with van der Waals surface area (Å²) >= 11 is 0. The first-order valence-electron chi connectivity index (χ1n) is 9.54. The van der Waals surface area contributed by atoms with E-state index in [0.29, 0.717) is 18.3 Å². The highest BCUT2D eigenvalue weighted by Gasteiger charge is 2.60. The van der Waals surface area contributed by atoms with E-state index in [2.05, 4.69) is 5.32 Å². The van der Waals surface area contributed by atoms with Crippen LogP contribution in [0.3, 0.4) is 0 Å². The summed E-state index contributed by atoms with van der Waals surface area (Å²) in [7, 11) is 0. The predicted molar refractivity (Wildman–Crippen MR) is 97.6 cm³/mol. The molecule has 26 heavy (non-hydrogen) atoms. The minimum atomic E-state index is -0.704. The number of nitrogens with one attached hydrogen (secondary N) is 1. The molecule has 2 N–H and O–H groups in total. The Bertz CT molecular complexity index is 742. The maximum Gasteiger partial charge on any atom is 0.312 e. The first-order chi connectivity index (χ1) is 12.3. The first kappa shape index (κ1) is 17.5. The molecule has 5 rings (SSSR count). The van der Waals surface area contributed by atoms with Crippen molar-refractivity contribution in [1.29, 1.82) is 0 Å². The summed E-state index contributed by atoms with van der Waals surface area (Å²) < 4.78 is 5.41. The van der Waals surface area contributed by atoms with Crippen LogP contribution in [0.25, 0.3) is 0 Å². The Balaban J connectivity index is 1.37. The maximum absolute atomic E-state index is 12.8. The quantitative estimate of drug-likeness (QED) is 0.812. The topological polar surface area (TPSA) is 75.6 Å². The largest absolute Gasteiger partial charge is 0.455 e. The van der Waals surface area contributed by atoms with Gasteiger partial charge in [0, 0.05) is 5.69 Å². The van der Waals surface area contributed by atoms with Crippen molar-refractivity contribution in [3.8, 4) is 0 Å². The molecule has 4 aliphatic carbocycles. The SMILES string of the molecule is Cc1ccc(NC(=O)COC(=O)C23CC4CC(CC(O)(C4)C2)C3)c(C)c1. The molecule has 2 atom stereocenters. The highest BCUT2D eigenvalue weighted by Crippen LogP contribution is 2.61. The third kappa shape index (κ3) is 3.13. The second kappa shape index (κ2) is 6.08. The van der Waals surface area contributed by atoms with Crippen molar-refractivity contribution in [2.75, 3.05) is 11.9 Å². The molecule has 140 valence electrons. The number of rotatable bonds is 4. The van der Waals surface area contributed by atoms with Crippen molar-refractivity contribution in [3.63, 3.8) is 0 Å². The molecule has 4 fully saturated rings. The van der Waals surface area contributed by atoms with Gasteiger partial charge in [-0.25, -0.2) is 0 Å². The summed E-state index contributed by atoms with van der Waals surface area (Å²) in [5.74, 6) is 0.199. The number of hydrogen-bond donors (Lipinski definition) is 2. The van der Waals surface area contributed by atoms with Gasteiger partial charge in [-0.3, -0.25) is 9.59 Å². The van der Waals surface area contributed by atoms with Gasteiger partial charge in [0.2, 0.25) is 0 Å². The van der Waals surface area contributed by atoms with E-state index in [9.17, 15) is 14.7 Å². The number of ether oxygens (including phenoxy) is 1. The van der Waals surface area contributed by atoms with Crippen LogP contribution in [-0.4, -0.2) is 29.2 Å². The highest BCUT2D eigenvalue weighted by atomic mass is 16.5. The molecule has 5 heteroatoms. The maximum atomic E-state index is 12.8. The molecule has 1 amide bonds. The Kier molecular flexibility index (Phi) is 4.10. The molecule has 5 nitrogen and oxygen atoms in total. The van der Waals surface area contributed by atoms with E-state index in [1.165, 1.54) is 0 Å². The van der Waals surface area contributed by atoms with E-state index in [1.54, 1.807) is 0 Å². The van der Waals surface area contributed by atoms with E-state index in [4.69, 9.17) is 4.74 Å². The number of esters is 1. The number of aliphatic hydroxyl groups is 1. The number of anilines is 1. The number of amides is 1. The van der Waals surface area contributed by atoms with E-state index < -0.39 is 11.0 Å². The molecular weight excluding hydrogens is 330 g/mol. The lowest BCUT2D eigenvalue weighted by atomic mass is 9.48. The number of aryl methyl sites for hydroxylation is 2. The van der Waals surface area contributed by atoms with Crippen molar-refractivity contribution >= 4 is 17.6 Å². The average Bonchev–Trinajstić information content (AvgIpc) is 2.53. The van der Waals surface area contributed by atoms with Gasteiger partial charge < -0.3 is 15.2 Å². The van der Waals surface area contributed by atoms with Gasteiger partial charge in [-0.15, -0.1) is 0 Å². The van der Waals surface area contributed by atoms with E-state index in [-0.39, 0.29) is 18.5 Å². The normalized spacial score (nSPS) is 34.6. The lowest BCUT2D eigenvalue weighted by Gasteiger charge is -2.58. The van der Waals surface area contributed by atoms with Crippen molar-refractivity contribution in [2.45, 2.75) is 58.0 Å². The summed E-state index contributed by atoms with van der Waals surface area (Å²) in [5, 5.41) is 13.6. The average molecular weight is 357 g/mol. The standard InChI is InChI=1S/C21H27NO4/c1-13-3-4-17(14(2)5-13)22-18(23)11-26-19(24)20-7-15-6-16(8-20)10-21(25,9-15)12-20/h3-5,15-16,25H,6-12H2,1-2H3,(H,22,23). The van der Waals surface area contributed by atoms with Crippen LogP contribution >= 0.6 is 0 Å². The number of carbonyl (C=O) groups is 2. The van der Waals surface area contributed by atoms with Crippen molar-refractivity contribution in [3.05, 3.63) is 29.3 Å². The smallest absolute Gasteiger partial charge is 0.312 e. The molecule has 0 heterocycles. The van der Waals surface area contributed by atoms with Crippen LogP contribution in [0.15, 0.2) is 18.2 Å². The predicted octanol–water partition coefficient (Wildman–Crippen LogP) is 3.12. The molecule has 4 bridgehead atoms. The minimum absolute atomic E-state index is 0.276. The van der Waals surface area contributed by atoms with Gasteiger partial charge >= 0.3 is 5.97 Å². The molecular formula is C21H27NO4. The van der Waals surface area contributed by atoms with Crippen LogP contribution in [-0.2, 0) is 14.3 Å². The van der Waals surface area contributed by atoms with Gasteiger partial charge in [0.1, 0.15) is 0 Å². The number of hydrogen-bond acceptors (Lipinski definition) is 4. The molecule has 4 saturated carbocycles. The lowest BCUT2D eigenvalue weighted by Crippen LogP contribution is -2.58. The summed E-state index contributed by atoms with van der Waals surface area (Å²) in [6.45, 7) is 3.66. The summed E-state index contributed by atoms with van der Waals surface area (Å²) in [4.78, 5) is 25.0. The van der Waals surface area contributed by atoms with E-state index >= 15 is 0 Å². The zero-order valence-electron chi connectivity index (χ0n) is 15.5. The Morgan fingerprint density at radius 2 is 1.88 bits per heavy atom. The fourth-order valence-corrected chi connectivity index (χ4v) is 5.88. The van der Waals surface area contributed by atoms with Gasteiger partial charge in [-0.1, -0.05) is 17.7 Å². The summed E-state index contributed by atoms with van der Waals surface area (Å²) in [5.41, 5.74) is 1.56. The molecule has 4 aliphatic rings. The first-order valence-corrected chi connectivity index (χ1v) is 9.54. The summed E-state index contributed by atoms with van der Waals surface area (Å²) in [6, 6.07) is 5.79. The molecule has 2 unspecified atom stereocenters. The van der Waals surface area contributed by atoms with Crippen LogP contribution in [0.4, 0.5) is 5.69 Å². The third-order valence-electron chi connectivity index (χ3n) is 6.45. The molecule has 1 aromatic carbocycles. The van der Waals surface area contributed by atoms with Crippen molar-refractivity contribution < 1.29 is 19.4 Å². The van der Waals surface area contributed by atoms with E-state index in [0.717, 1.165) is 48.9 Å². The van der Waals surface area contributed by atoms with Gasteiger partial charge in [-0.05, 0) is 75.8 Å². The van der Waals surface area contributed by atoms with Gasteiger partial charge in [0.25, 0.3) is 5.91 Å². The van der Waals surface area contributed by atoms with Gasteiger partial charge in [-0.2, -0.15) is 0 Å². The Morgan fingerprint density at radius 3 is 2.50 bits per heavy atom. The van der Waals surface area contributed by atoms with Crippen molar-refractivity contribution in [1.82, 2.24) is 0 Å². The molecule has 0 radical (unpaired) electrons. The fourth-order valence-electron chi connectivity index (χ4n) is 5.88. The molecule has 0 aliphatic heterocycles. The van der Waals surface area contributed by atoms with Gasteiger partial charge in [0.15, 0.2) is 6.61 Å². The Labute approximate surface area is 154 Å². The minimum Gasteiger partial charge on any atom is -0.455 e. The van der Waals surface area contributed by atoms with Crippen LogP contribution in [0.1, 0.15) is 49.7 Å². The second-order valence-corrected chi connectivity index (χ2v) is 8.91. The number of benzene rings is 1. The fraction of sp³-hybridized carbons (Fsp3) is 0.619. The van der Waals surface area contributed by atoms with Crippen LogP contribution in [0, 0.1) is 31.1 Å². The molecule has 1 aromatic rings. The Hall–Kier alpha value is -1.88. The van der Waals surface area contributed by atoms with Crippen LogP contribution in [0.5, 0.6) is 0 Å². The van der Waals surface area contributed by atoms with Gasteiger partial charge in [0.05, 0.1) is 11.0 Å². The van der Waals surface area contributed by atoms with E-state index in [1.807, 2.05) is 32.0 Å².